The average Bonchev–Trinajstić information content (AvgIpc) is 1.67. The summed E-state index contributed by atoms with van der Waals surface area (Å²) >= 11 is 0. The van der Waals surface area contributed by atoms with Gasteiger partial charge in [-0.15, -0.1) is 0 Å². The summed E-state index contributed by atoms with van der Waals surface area (Å²) in [7, 11) is 0. The molecule has 768 valence electrons. The molecule has 0 radical (unpaired) electrons. The molecule has 14 rings (SSSR count). The number of piperidine rings is 1. The number of fused-ring (bicyclic) bond motifs is 1. The van der Waals surface area contributed by atoms with Crippen LogP contribution in [0.4, 0.5) is 4.39 Å². The Morgan fingerprint density at radius 2 is 0.874 bits per heavy atom. The van der Waals surface area contributed by atoms with Crippen molar-refractivity contribution in [2.24, 2.45) is 69.5 Å². The molecule has 6 aliphatic rings. The van der Waals surface area contributed by atoms with Crippen molar-refractivity contribution < 1.29 is 18.6 Å². The third-order valence-corrected chi connectivity index (χ3v) is 26.5. The Hall–Kier alpha value is -6.68. The number of hydrogen-bond acceptors (Lipinski definition) is 6. The van der Waals surface area contributed by atoms with E-state index in [2.05, 4.69) is 358 Å². The molecule has 2 saturated heterocycles. The van der Waals surface area contributed by atoms with Gasteiger partial charge in [0, 0.05) is 62.1 Å². The van der Waals surface area contributed by atoms with Gasteiger partial charge >= 0.3 is 0 Å². The standard InChI is InChI=1S/C10H13F.2C10H19N.C10H14O.2C10H14.C9H12O.C9H12.C8H11N.C8H18.C7H11N.C7H14O.C7H16.C6H12.C5H12.CH4/c1-7(2)9-5-4-8(3)10(11)6-9;1-9(2)11-7-5-10(3-4-10)6-8-11;1-8(2)11-6-9-4-3-5-10(9)7-11;1-9(2)11-8-10-6-4-3-5-7-10;1-8(2)10-6-4-5-9(3)7-10;1-9(2)8-10-6-4-3-5-7-10;1-8(2)10-9-6-4-3-5-7-9;1-8(2)9-6-4-3-5-7-9;1-7(2)8-5-3-4-6-9-8;1-6-8(4,5)7(2)3;1-7(2)8-5-3-4-6-8;1-6(2)8-5-7-3-4-7;1-6(2)7(3,4)5;1-5(2)6-3-4-6;1-4-5(2)3;/h4-7H,1-3H3;9H,3-8H2,1-2H3;8-10H,3-7H2,1-2H3;3-7,9H,8H2,1-2H3;4-8H,1-3H3;3-7,9H,8H2,1-2H3;3-8H,1-2H3;3-8H,1-2H3;3-7H,1-2H3;7H,6H2,1-5H3;3-7H,1-2H3;6-7H,3-5H2,1-2H3;6H,1-5H3;5-6H,3-4H2,1-2H3;5H,4H2,1-3H3;1H4. The minimum atomic E-state index is -0.101. The molecule has 8 heteroatoms. The molecule has 8 aromatic rings. The number of likely N-dealkylation sites (tertiary alicyclic amines) is 2. The van der Waals surface area contributed by atoms with Gasteiger partial charge in [-0.3, -0.25) is 4.98 Å². The van der Waals surface area contributed by atoms with Crippen molar-refractivity contribution in [2.75, 3.05) is 32.8 Å². The average molecular weight is 1870 g/mol. The summed E-state index contributed by atoms with van der Waals surface area (Å²) in [5.74, 6) is 11.5. The summed E-state index contributed by atoms with van der Waals surface area (Å²) < 4.78 is 31.3. The number of para-hydroxylation sites is 1. The number of benzene rings is 6. The van der Waals surface area contributed by atoms with Crippen molar-refractivity contribution in [1.29, 1.82) is 0 Å². The molecule has 4 saturated carbocycles. The zero-order valence-electron chi connectivity index (χ0n) is 94.2. The lowest BCUT2D eigenvalue weighted by atomic mass is 9.79. The van der Waals surface area contributed by atoms with Crippen LogP contribution in [-0.4, -0.2) is 82.5 Å². The number of nitrogens with zero attached hydrogens (tertiary/aromatic N) is 4. The Labute approximate surface area is 837 Å². The second-order valence-electron chi connectivity index (χ2n) is 45.2. The third kappa shape index (κ3) is 68.1. The van der Waals surface area contributed by atoms with E-state index in [0.29, 0.717) is 52.8 Å². The Morgan fingerprint density at radius 1 is 0.430 bits per heavy atom. The highest BCUT2D eigenvalue weighted by Gasteiger charge is 2.44. The van der Waals surface area contributed by atoms with Crippen molar-refractivity contribution >= 4 is 0 Å². The van der Waals surface area contributed by atoms with E-state index in [4.69, 9.17) is 14.2 Å². The Bertz CT molecular complexity index is 3860. The normalized spacial score (nSPS) is 15.5. The maximum atomic E-state index is 12.9. The first-order chi connectivity index (χ1) is 62.9. The van der Waals surface area contributed by atoms with E-state index in [0.717, 1.165) is 107 Å². The zero-order chi connectivity index (χ0) is 102. The number of pyridine rings is 1. The summed E-state index contributed by atoms with van der Waals surface area (Å²) in [6.45, 7) is 92.7. The van der Waals surface area contributed by atoms with Crippen LogP contribution in [0.15, 0.2) is 213 Å². The van der Waals surface area contributed by atoms with Crippen LogP contribution in [0.3, 0.4) is 0 Å². The van der Waals surface area contributed by atoms with E-state index in [1.807, 2.05) is 131 Å². The highest BCUT2D eigenvalue weighted by Crippen LogP contribution is 2.54. The number of halogens is 1. The maximum absolute atomic E-state index is 12.9. The van der Waals surface area contributed by atoms with Crippen LogP contribution in [0.2, 0.25) is 0 Å². The fourth-order valence-electron chi connectivity index (χ4n) is 13.6. The van der Waals surface area contributed by atoms with Crippen LogP contribution < -0.4 is 4.74 Å². The highest BCUT2D eigenvalue weighted by atomic mass is 19.1. The van der Waals surface area contributed by atoms with E-state index in [1.54, 1.807) is 13.0 Å². The first-order valence-corrected chi connectivity index (χ1v) is 53.3. The van der Waals surface area contributed by atoms with Gasteiger partial charge in [-0.1, -0.05) is 357 Å². The van der Waals surface area contributed by atoms with Crippen molar-refractivity contribution in [3.63, 3.8) is 0 Å². The molecule has 6 fully saturated rings. The van der Waals surface area contributed by atoms with E-state index in [-0.39, 0.29) is 19.3 Å². The number of ether oxygens (including phenoxy) is 3. The van der Waals surface area contributed by atoms with E-state index in [9.17, 15) is 4.39 Å². The summed E-state index contributed by atoms with van der Waals surface area (Å²) in [4.78, 5) is 9.44. The lowest BCUT2D eigenvalue weighted by Crippen LogP contribution is -2.38. The van der Waals surface area contributed by atoms with Gasteiger partial charge in [0.1, 0.15) is 11.6 Å². The largest absolute Gasteiger partial charge is 0.491 e. The van der Waals surface area contributed by atoms with Crippen LogP contribution in [0, 0.1) is 89.2 Å². The minimum absolute atomic E-state index is 0. The summed E-state index contributed by atoms with van der Waals surface area (Å²) in [5.41, 5.74) is 11.7. The van der Waals surface area contributed by atoms with E-state index in [1.165, 1.54) is 144 Å². The third-order valence-electron chi connectivity index (χ3n) is 26.5. The van der Waals surface area contributed by atoms with Crippen LogP contribution in [0.25, 0.3) is 0 Å². The van der Waals surface area contributed by atoms with Crippen molar-refractivity contribution in [3.05, 3.63) is 263 Å². The second kappa shape index (κ2) is 73.4. The summed E-state index contributed by atoms with van der Waals surface area (Å²) in [6, 6.07) is 67.5. The molecule has 2 unspecified atom stereocenters. The van der Waals surface area contributed by atoms with Gasteiger partial charge in [0.25, 0.3) is 0 Å². The lowest BCUT2D eigenvalue weighted by Gasteiger charge is -2.34. The quantitative estimate of drug-likeness (QED) is 0.0715. The number of aryl methyl sites for hydroxylation is 2. The second-order valence-corrected chi connectivity index (χ2v) is 45.2. The predicted octanol–water partition coefficient (Wildman–Crippen LogP) is 38.2. The topological polar surface area (TPSA) is 52.0 Å². The Kier molecular flexibility index (Phi) is 70.9. The smallest absolute Gasteiger partial charge is 0.126 e. The molecule has 2 atom stereocenters. The molecule has 1 spiro atoms. The van der Waals surface area contributed by atoms with E-state index < -0.39 is 0 Å². The molecular weight excluding hydrogens is 1650 g/mol. The van der Waals surface area contributed by atoms with Gasteiger partial charge in [-0.25, -0.2) is 4.39 Å². The molecule has 2 aliphatic heterocycles. The first-order valence-electron chi connectivity index (χ1n) is 53.3. The number of hydrogen-bond donors (Lipinski definition) is 0. The SMILES string of the molecule is C.CC(C)C(C)(C)C.CC(C)C1CC1.CC(C)Cc1ccccc1.CC(C)N1CC2CCCC2C1.CC(C)N1CCC2(CC1)CC2.CC(C)OCC1CC1.CC(C)OCc1ccccc1.CC(C)Oc1ccccc1.CC(C)c1ccccc1.CC(C)c1ccccn1.CC(C)n1cccc1.CCC(C)(C)C(C)C.CCC(C)C.Cc1ccc(C(C)C)cc1F.Cc1cccc(C(C)C)c1. The number of aromatic nitrogens is 2. The lowest BCUT2D eigenvalue weighted by molar-refractivity contribution is 0.0657. The zero-order valence-corrected chi connectivity index (χ0v) is 94.2. The fraction of sp³-hybridized carbons (Fsp3) is 0.646. The van der Waals surface area contributed by atoms with Crippen LogP contribution >= 0.6 is 0 Å². The van der Waals surface area contributed by atoms with Crippen LogP contribution in [0.5, 0.6) is 5.75 Å². The Morgan fingerprint density at radius 3 is 1.18 bits per heavy atom. The molecule has 0 N–H and O–H groups in total. The molecular formula is C127H215FN4O3. The van der Waals surface area contributed by atoms with Crippen molar-refractivity contribution in [2.45, 2.75) is 434 Å². The van der Waals surface area contributed by atoms with Crippen molar-refractivity contribution in [3.8, 4) is 5.75 Å². The van der Waals surface area contributed by atoms with Gasteiger partial charge in [0.2, 0.25) is 0 Å². The van der Waals surface area contributed by atoms with Gasteiger partial charge in [0.05, 0.1) is 24.9 Å². The van der Waals surface area contributed by atoms with Gasteiger partial charge in [-0.2, -0.15) is 0 Å². The molecule has 0 bridgehead atoms. The maximum Gasteiger partial charge on any atom is 0.126 e. The Balaban J connectivity index is 0. The minimum Gasteiger partial charge on any atom is -0.491 e. The summed E-state index contributed by atoms with van der Waals surface area (Å²) in [6.07, 6.45) is 27.1. The summed E-state index contributed by atoms with van der Waals surface area (Å²) in [5, 5.41) is 0. The monoisotopic (exact) mass is 1860 g/mol. The molecule has 0 amide bonds. The highest BCUT2D eigenvalue weighted by molar-refractivity contribution is 5.27. The van der Waals surface area contributed by atoms with E-state index >= 15 is 0 Å². The first kappa shape index (κ1) is 130. The van der Waals surface area contributed by atoms with Gasteiger partial charge in [0.15, 0.2) is 0 Å². The van der Waals surface area contributed by atoms with Gasteiger partial charge in [-0.05, 0) is 350 Å². The molecule has 7 nitrogen and oxygen atoms in total. The molecule has 6 aromatic carbocycles. The van der Waals surface area contributed by atoms with Crippen molar-refractivity contribution in [1.82, 2.24) is 19.4 Å². The molecule has 135 heavy (non-hydrogen) atoms. The predicted molar refractivity (Wildman–Crippen MR) is 599 cm³/mol. The van der Waals surface area contributed by atoms with Gasteiger partial charge < -0.3 is 28.6 Å². The molecule has 2 aromatic heterocycles. The molecule has 4 heterocycles. The number of rotatable bonds is 21. The molecule has 4 aliphatic carbocycles. The fourth-order valence-corrected chi connectivity index (χ4v) is 13.6. The van der Waals surface area contributed by atoms with Crippen LogP contribution in [0.1, 0.15) is 421 Å². The van der Waals surface area contributed by atoms with Crippen LogP contribution in [-0.2, 0) is 22.5 Å².